The molecule has 0 heterocycles. The Morgan fingerprint density at radius 3 is 2.31 bits per heavy atom. The van der Waals surface area contributed by atoms with Crippen molar-refractivity contribution in [1.29, 1.82) is 0 Å². The topological polar surface area (TPSA) is 104 Å². The normalized spacial score (nSPS) is 11.6. The maximum absolute atomic E-state index is 10.9. The predicted octanol–water partition coefficient (Wildman–Crippen LogP) is -0.860. The average molecular weight is 359 g/mol. The van der Waals surface area contributed by atoms with Gasteiger partial charge in [0.15, 0.2) is 0 Å². The first-order chi connectivity index (χ1) is 5.82. The van der Waals surface area contributed by atoms with E-state index in [1.807, 2.05) is 0 Å². The van der Waals surface area contributed by atoms with Crippen LogP contribution in [-0.4, -0.2) is 27.5 Å². The second-order valence-corrected chi connectivity index (χ2v) is 6.94. The molecule has 0 fully saturated rings. The van der Waals surface area contributed by atoms with E-state index in [-0.39, 0.29) is 15.8 Å². The summed E-state index contributed by atoms with van der Waals surface area (Å²) in [6.45, 7) is 0. The van der Waals surface area contributed by atoms with E-state index in [0.29, 0.717) is 3.57 Å². The van der Waals surface area contributed by atoms with Gasteiger partial charge in [-0.25, -0.2) is 0 Å². The van der Waals surface area contributed by atoms with E-state index in [1.54, 1.807) is 22.6 Å². The van der Waals surface area contributed by atoms with E-state index in [2.05, 4.69) is 0 Å². The third-order valence-electron chi connectivity index (χ3n) is 1.41. The summed E-state index contributed by atoms with van der Waals surface area (Å²) in [6.07, 6.45) is 0. The molecule has 13 heavy (non-hydrogen) atoms. The number of phenols is 1. The number of aromatic hydroxyl groups is 1. The van der Waals surface area contributed by atoms with Crippen LogP contribution in [0.1, 0.15) is 0 Å². The molecule has 72 valence electrons. The summed E-state index contributed by atoms with van der Waals surface area (Å²) in [6, 6.07) is 2.32. The van der Waals surface area contributed by atoms with Gasteiger partial charge in [-0.2, -0.15) is 0 Å². The monoisotopic (exact) mass is 359 g/mol. The van der Waals surface area contributed by atoms with Gasteiger partial charge in [-0.3, -0.25) is 0 Å². The van der Waals surface area contributed by atoms with Gasteiger partial charge in [0.25, 0.3) is 0 Å². The Kier molecular flexibility index (Phi) is 2.96. The fourth-order valence-electron chi connectivity index (χ4n) is 0.774. The molecule has 0 saturated heterocycles. The third-order valence-corrected chi connectivity index (χ3v) is 4.19. The van der Waals surface area contributed by atoms with E-state index in [4.69, 9.17) is 13.9 Å². The van der Waals surface area contributed by atoms with Crippen LogP contribution in [0.15, 0.2) is 12.1 Å². The second kappa shape index (κ2) is 3.53. The zero-order chi connectivity index (χ0) is 10.2. The van der Waals surface area contributed by atoms with Gasteiger partial charge >= 0.3 is 91.0 Å². The minimum absolute atomic E-state index is 0.0216. The van der Waals surface area contributed by atoms with Crippen LogP contribution in [0.25, 0.3) is 0 Å². The molecule has 0 aliphatic heterocycles. The van der Waals surface area contributed by atoms with Crippen molar-refractivity contribution in [1.82, 2.24) is 0 Å². The van der Waals surface area contributed by atoms with E-state index < -0.39 is 14.2 Å². The number of hydrogen-bond acceptors (Lipinski definition) is 3. The quantitative estimate of drug-likeness (QED) is 0.226. The van der Waals surface area contributed by atoms with Crippen LogP contribution in [0.3, 0.4) is 0 Å². The van der Waals surface area contributed by atoms with Crippen LogP contribution >= 0.6 is 22.6 Å². The molecule has 5 N–H and O–H groups in total. The first-order valence-corrected chi connectivity index (χ1v) is 7.62. The molecule has 1 aromatic carbocycles. The molecule has 0 aromatic heterocycles. The van der Waals surface area contributed by atoms with Crippen LogP contribution in [0, 0.1) is 3.57 Å². The average Bonchev–Trinajstić information content (AvgIpc) is 1.97. The molecule has 7 heteroatoms. The van der Waals surface area contributed by atoms with Gasteiger partial charge in [-0.05, 0) is 0 Å². The zero-order valence-corrected chi connectivity index (χ0v) is 10.3. The molecule has 0 saturated carbocycles. The van der Waals surface area contributed by atoms with Gasteiger partial charge in [0.1, 0.15) is 0 Å². The van der Waals surface area contributed by atoms with E-state index >= 15 is 0 Å². The Balaban J connectivity index is 3.38. The summed E-state index contributed by atoms with van der Waals surface area (Å²) < 4.78 is 28.8. The minimum atomic E-state index is -4.89. The van der Waals surface area contributed by atoms with Crippen molar-refractivity contribution in [3.05, 3.63) is 15.7 Å². The molecule has 0 aliphatic rings. The second-order valence-electron chi connectivity index (χ2n) is 2.41. The van der Waals surface area contributed by atoms with Crippen molar-refractivity contribution in [2.45, 2.75) is 0 Å². The summed E-state index contributed by atoms with van der Waals surface area (Å²) in [7, 11) is 0. The summed E-state index contributed by atoms with van der Waals surface area (Å²) in [4.78, 5) is 0. The van der Waals surface area contributed by atoms with Gasteiger partial charge in [-0.1, -0.05) is 0 Å². The van der Waals surface area contributed by atoms with Crippen LogP contribution in [0.2, 0.25) is 0 Å². The number of nitrogen functional groups attached to an aromatic ring is 1. The molecule has 0 unspecified atom stereocenters. The first kappa shape index (κ1) is 10.9. The van der Waals surface area contributed by atoms with Gasteiger partial charge < -0.3 is 0 Å². The number of benzene rings is 1. The fraction of sp³-hybridized carbons (Fsp3) is 0. The molecule has 1 aromatic rings. The Hall–Kier alpha value is -0.172. The van der Waals surface area contributed by atoms with E-state index in [9.17, 15) is 8.85 Å². The van der Waals surface area contributed by atoms with Crippen molar-refractivity contribution in [2.24, 2.45) is 0 Å². The van der Waals surface area contributed by atoms with Crippen molar-refractivity contribution in [3.8, 4) is 5.75 Å². The molecule has 0 bridgehead atoms. The number of anilines is 1. The van der Waals surface area contributed by atoms with Gasteiger partial charge in [-0.15, -0.1) is 0 Å². The van der Waals surface area contributed by atoms with Gasteiger partial charge in [0.2, 0.25) is 0 Å². The number of halogens is 1. The van der Waals surface area contributed by atoms with Crippen molar-refractivity contribution >= 4 is 46.8 Å². The SMILES string of the molecule is Nc1cc([As](=O)(O)O)cc(I)c1O. The molecule has 5 nitrogen and oxygen atoms in total. The van der Waals surface area contributed by atoms with Crippen LogP contribution in [0.5, 0.6) is 5.75 Å². The molecular formula is C6H7AsINO4. The maximum atomic E-state index is 10.9. The van der Waals surface area contributed by atoms with E-state index in [1.165, 1.54) is 6.07 Å². The fourth-order valence-corrected chi connectivity index (χ4v) is 3.22. The van der Waals surface area contributed by atoms with Gasteiger partial charge in [0.05, 0.1) is 0 Å². The number of hydrogen-bond donors (Lipinski definition) is 4. The molecule has 0 amide bonds. The van der Waals surface area contributed by atoms with Crippen molar-refractivity contribution in [2.75, 3.05) is 5.73 Å². The number of rotatable bonds is 1. The first-order valence-electron chi connectivity index (χ1n) is 3.16. The molecule has 0 radical (unpaired) electrons. The van der Waals surface area contributed by atoms with Crippen molar-refractivity contribution in [3.63, 3.8) is 0 Å². The Bertz CT molecular complexity index is 365. The predicted molar refractivity (Wildman–Crippen MR) is 55.7 cm³/mol. The van der Waals surface area contributed by atoms with Crippen molar-refractivity contribution < 1.29 is 17.0 Å². The number of phenolic OH excluding ortho intramolecular Hbond substituents is 1. The Morgan fingerprint density at radius 2 is 1.92 bits per heavy atom. The molecule has 1 rings (SSSR count). The standard InChI is InChI=1S/C6H7AsINO4/c8-4-1-3(7(11,12)13)2-5(9)6(4)10/h1-2,10H,9H2,(H2,11,12,13). The molecular weight excluding hydrogens is 352 g/mol. The Morgan fingerprint density at radius 1 is 1.38 bits per heavy atom. The molecule has 0 spiro atoms. The number of nitrogens with two attached hydrogens (primary N) is 1. The molecule has 0 atom stereocenters. The van der Waals surface area contributed by atoms with Crippen LogP contribution in [0.4, 0.5) is 5.69 Å². The summed E-state index contributed by atoms with van der Waals surface area (Å²) in [5, 5.41) is 9.22. The van der Waals surface area contributed by atoms with Gasteiger partial charge in [0, 0.05) is 0 Å². The summed E-state index contributed by atoms with van der Waals surface area (Å²) in [5.74, 6) is -0.145. The Labute approximate surface area is 90.7 Å². The van der Waals surface area contributed by atoms with Crippen LogP contribution < -0.4 is 10.1 Å². The summed E-state index contributed by atoms with van der Waals surface area (Å²) >= 11 is -3.14. The summed E-state index contributed by atoms with van der Waals surface area (Å²) in [5.41, 5.74) is 5.31. The third kappa shape index (κ3) is 2.40. The van der Waals surface area contributed by atoms with E-state index in [0.717, 1.165) is 6.07 Å². The van der Waals surface area contributed by atoms with Crippen LogP contribution in [-0.2, 0) is 3.74 Å². The molecule has 0 aliphatic carbocycles. The zero-order valence-electron chi connectivity index (χ0n) is 6.31.